The Bertz CT molecular complexity index is 629. The van der Waals surface area contributed by atoms with Gasteiger partial charge in [0.1, 0.15) is 11.6 Å². The van der Waals surface area contributed by atoms with E-state index < -0.39 is 0 Å². The molecule has 0 heterocycles. The van der Waals surface area contributed by atoms with Gasteiger partial charge in [-0.25, -0.2) is 4.39 Å². The first-order valence-electron chi connectivity index (χ1n) is 6.00. The van der Waals surface area contributed by atoms with Crippen LogP contribution >= 0.6 is 0 Å². The first-order chi connectivity index (χ1) is 9.55. The molecule has 106 valence electrons. The molecule has 0 saturated heterocycles. The van der Waals surface area contributed by atoms with Crippen LogP contribution in [-0.2, 0) is 0 Å². The van der Waals surface area contributed by atoms with Crippen LogP contribution in [0.4, 0.5) is 10.1 Å². The predicted octanol–water partition coefficient (Wildman–Crippen LogP) is 3.53. The molecule has 0 aliphatic carbocycles. The molecule has 2 aromatic carbocycles. The lowest BCUT2D eigenvalue weighted by molar-refractivity contribution is 0.352. The molecule has 0 amide bonds. The van der Waals surface area contributed by atoms with Gasteiger partial charge in [-0.3, -0.25) is 0 Å². The molecule has 0 bridgehead atoms. The summed E-state index contributed by atoms with van der Waals surface area (Å²) in [5, 5.41) is 0. The molecule has 0 unspecified atom stereocenters. The Morgan fingerprint density at radius 1 is 0.950 bits per heavy atom. The molecule has 0 fully saturated rings. The average molecular weight is 277 g/mol. The number of hydrogen-bond donors (Lipinski definition) is 1. The van der Waals surface area contributed by atoms with Gasteiger partial charge in [-0.15, -0.1) is 0 Å². The van der Waals surface area contributed by atoms with Crippen LogP contribution in [0.1, 0.15) is 5.56 Å². The van der Waals surface area contributed by atoms with Crippen molar-refractivity contribution in [3.05, 3.63) is 41.7 Å². The normalized spacial score (nSPS) is 10.2. The molecule has 0 radical (unpaired) electrons. The fourth-order valence-corrected chi connectivity index (χ4v) is 1.73. The van der Waals surface area contributed by atoms with E-state index in [9.17, 15) is 4.39 Å². The number of aryl methyl sites for hydroxylation is 1. The van der Waals surface area contributed by atoms with Gasteiger partial charge in [0.25, 0.3) is 0 Å². The van der Waals surface area contributed by atoms with Gasteiger partial charge in [0.2, 0.25) is 0 Å². The number of anilines is 1. The minimum absolute atomic E-state index is 0.332. The van der Waals surface area contributed by atoms with Gasteiger partial charge < -0.3 is 19.9 Å². The third-order valence-electron chi connectivity index (χ3n) is 2.89. The van der Waals surface area contributed by atoms with E-state index in [2.05, 4.69) is 0 Å². The third kappa shape index (κ3) is 2.77. The number of rotatable bonds is 4. The maximum absolute atomic E-state index is 13.5. The van der Waals surface area contributed by atoms with Crippen molar-refractivity contribution in [1.82, 2.24) is 0 Å². The molecule has 0 saturated carbocycles. The van der Waals surface area contributed by atoms with Crippen LogP contribution in [0.3, 0.4) is 0 Å². The lowest BCUT2D eigenvalue weighted by Gasteiger charge is -2.13. The summed E-state index contributed by atoms with van der Waals surface area (Å²) in [6, 6.07) is 7.83. The monoisotopic (exact) mass is 277 g/mol. The highest BCUT2D eigenvalue weighted by Crippen LogP contribution is 2.38. The topological polar surface area (TPSA) is 53.7 Å². The first kappa shape index (κ1) is 14.0. The summed E-state index contributed by atoms with van der Waals surface area (Å²) in [6.07, 6.45) is 0. The van der Waals surface area contributed by atoms with Crippen molar-refractivity contribution in [3.8, 4) is 23.0 Å². The Kier molecular flexibility index (Phi) is 3.98. The molecule has 0 atom stereocenters. The van der Waals surface area contributed by atoms with E-state index in [1.54, 1.807) is 31.2 Å². The molecular weight excluding hydrogens is 261 g/mol. The van der Waals surface area contributed by atoms with Gasteiger partial charge in [-0.2, -0.15) is 0 Å². The van der Waals surface area contributed by atoms with Gasteiger partial charge in [0.05, 0.1) is 19.9 Å². The van der Waals surface area contributed by atoms with E-state index >= 15 is 0 Å². The maximum Gasteiger partial charge on any atom is 0.164 e. The van der Waals surface area contributed by atoms with Crippen molar-refractivity contribution in [2.24, 2.45) is 0 Å². The number of methoxy groups -OCH3 is 2. The van der Waals surface area contributed by atoms with Gasteiger partial charge in [-0.1, -0.05) is 6.07 Å². The molecule has 5 heteroatoms. The summed E-state index contributed by atoms with van der Waals surface area (Å²) in [6.45, 7) is 1.68. The average Bonchev–Trinajstić information content (AvgIpc) is 2.44. The van der Waals surface area contributed by atoms with E-state index in [1.165, 1.54) is 20.3 Å². The summed E-state index contributed by atoms with van der Waals surface area (Å²) in [7, 11) is 3.04. The molecule has 2 rings (SSSR count). The zero-order valence-electron chi connectivity index (χ0n) is 11.6. The summed E-state index contributed by atoms with van der Waals surface area (Å²) in [5.74, 6) is 1.41. The largest absolute Gasteiger partial charge is 0.493 e. The zero-order valence-corrected chi connectivity index (χ0v) is 11.6. The summed E-state index contributed by atoms with van der Waals surface area (Å²) in [4.78, 5) is 0. The smallest absolute Gasteiger partial charge is 0.164 e. The molecule has 0 aromatic heterocycles. The van der Waals surface area contributed by atoms with Gasteiger partial charge in [0, 0.05) is 18.2 Å². The van der Waals surface area contributed by atoms with E-state index in [0.29, 0.717) is 34.2 Å². The molecular formula is C15H16FNO3. The minimum Gasteiger partial charge on any atom is -0.493 e. The standard InChI is InChI=1S/C15H16FNO3/c1-9-4-5-10(6-11(9)16)20-13-8-15(19-3)14(18-2)7-12(13)17/h4-8H,17H2,1-3H3. The van der Waals surface area contributed by atoms with Crippen molar-refractivity contribution in [3.63, 3.8) is 0 Å². The third-order valence-corrected chi connectivity index (χ3v) is 2.89. The van der Waals surface area contributed by atoms with Crippen molar-refractivity contribution in [2.75, 3.05) is 20.0 Å². The summed E-state index contributed by atoms with van der Waals surface area (Å²) < 4.78 is 29.4. The quantitative estimate of drug-likeness (QED) is 0.869. The van der Waals surface area contributed by atoms with Crippen LogP contribution in [0.25, 0.3) is 0 Å². The number of hydrogen-bond acceptors (Lipinski definition) is 4. The maximum atomic E-state index is 13.5. The molecule has 20 heavy (non-hydrogen) atoms. The highest BCUT2D eigenvalue weighted by molar-refractivity contribution is 5.62. The molecule has 4 nitrogen and oxygen atoms in total. The molecule has 2 aromatic rings. The number of ether oxygens (including phenoxy) is 3. The predicted molar refractivity (Wildman–Crippen MR) is 75.2 cm³/mol. The fraction of sp³-hybridized carbons (Fsp3) is 0.200. The van der Waals surface area contributed by atoms with Crippen molar-refractivity contribution < 1.29 is 18.6 Å². The van der Waals surface area contributed by atoms with E-state index in [4.69, 9.17) is 19.9 Å². The second-order valence-electron chi connectivity index (χ2n) is 4.26. The molecule has 2 N–H and O–H groups in total. The van der Waals surface area contributed by atoms with Gasteiger partial charge in [0.15, 0.2) is 17.2 Å². The Morgan fingerprint density at radius 2 is 1.60 bits per heavy atom. The van der Waals surface area contributed by atoms with Gasteiger partial charge in [-0.05, 0) is 18.6 Å². The number of benzene rings is 2. The number of nitrogens with two attached hydrogens (primary N) is 1. The lowest BCUT2D eigenvalue weighted by Crippen LogP contribution is -1.97. The van der Waals surface area contributed by atoms with Crippen LogP contribution in [-0.4, -0.2) is 14.2 Å². The van der Waals surface area contributed by atoms with Crippen LogP contribution < -0.4 is 19.9 Å². The minimum atomic E-state index is -0.332. The van der Waals surface area contributed by atoms with Gasteiger partial charge >= 0.3 is 0 Å². The van der Waals surface area contributed by atoms with E-state index in [0.717, 1.165) is 0 Å². The second kappa shape index (κ2) is 5.69. The number of halogens is 1. The lowest BCUT2D eigenvalue weighted by atomic mass is 10.2. The van der Waals surface area contributed by atoms with E-state index in [-0.39, 0.29) is 5.82 Å². The van der Waals surface area contributed by atoms with E-state index in [1.807, 2.05) is 0 Å². The van der Waals surface area contributed by atoms with Crippen LogP contribution in [0.15, 0.2) is 30.3 Å². The van der Waals surface area contributed by atoms with Crippen molar-refractivity contribution >= 4 is 5.69 Å². The molecule has 0 aliphatic heterocycles. The highest BCUT2D eigenvalue weighted by atomic mass is 19.1. The van der Waals surface area contributed by atoms with Crippen LogP contribution in [0.5, 0.6) is 23.0 Å². The Balaban J connectivity index is 2.35. The molecule has 0 spiro atoms. The Hall–Kier alpha value is -2.43. The van der Waals surface area contributed by atoms with Crippen LogP contribution in [0, 0.1) is 12.7 Å². The second-order valence-corrected chi connectivity index (χ2v) is 4.26. The first-order valence-corrected chi connectivity index (χ1v) is 6.00. The zero-order chi connectivity index (χ0) is 14.7. The van der Waals surface area contributed by atoms with Crippen LogP contribution in [0.2, 0.25) is 0 Å². The highest BCUT2D eigenvalue weighted by Gasteiger charge is 2.11. The summed E-state index contributed by atoms with van der Waals surface area (Å²) in [5.41, 5.74) is 6.81. The van der Waals surface area contributed by atoms with Crippen molar-refractivity contribution in [2.45, 2.75) is 6.92 Å². The molecule has 0 aliphatic rings. The summed E-state index contributed by atoms with van der Waals surface area (Å²) >= 11 is 0. The fourth-order valence-electron chi connectivity index (χ4n) is 1.73. The number of nitrogen functional groups attached to an aromatic ring is 1. The Morgan fingerprint density at radius 3 is 2.20 bits per heavy atom. The SMILES string of the molecule is COc1cc(N)c(Oc2ccc(C)c(F)c2)cc1OC. The van der Waals surface area contributed by atoms with Crippen molar-refractivity contribution in [1.29, 1.82) is 0 Å². The Labute approximate surface area is 116 Å².